The Hall–Kier alpha value is -1.87. The largest absolute Gasteiger partial charge is 0.371 e. The van der Waals surface area contributed by atoms with E-state index in [1.807, 2.05) is 6.07 Å². The van der Waals surface area contributed by atoms with Crippen molar-refractivity contribution in [1.82, 2.24) is 15.4 Å². The van der Waals surface area contributed by atoms with Gasteiger partial charge in [0, 0.05) is 45.0 Å². The van der Waals surface area contributed by atoms with Gasteiger partial charge in [0.1, 0.15) is 5.82 Å². The van der Waals surface area contributed by atoms with Gasteiger partial charge in [-0.15, -0.1) is 0 Å². The van der Waals surface area contributed by atoms with Crippen molar-refractivity contribution in [3.63, 3.8) is 0 Å². The summed E-state index contributed by atoms with van der Waals surface area (Å²) >= 11 is 0. The van der Waals surface area contributed by atoms with E-state index in [2.05, 4.69) is 25.2 Å². The van der Waals surface area contributed by atoms with Crippen LogP contribution in [0, 0.1) is 5.82 Å². The second-order valence-electron chi connectivity index (χ2n) is 6.05. The molecule has 1 aliphatic rings. The molecule has 1 fully saturated rings. The highest BCUT2D eigenvalue weighted by atomic mass is 32.2. The molecule has 140 valence electrons. The Morgan fingerprint density at radius 1 is 1.32 bits per heavy atom. The molecule has 7 nitrogen and oxygen atoms in total. The molecular weight excluding hydrogens is 345 g/mol. The maximum absolute atomic E-state index is 13.3. The van der Waals surface area contributed by atoms with Crippen LogP contribution in [0.25, 0.3) is 0 Å². The number of nitrogens with one attached hydrogen (secondary N) is 3. The minimum atomic E-state index is -3.17. The van der Waals surface area contributed by atoms with Gasteiger partial charge in [0.25, 0.3) is 0 Å². The van der Waals surface area contributed by atoms with Crippen LogP contribution in [-0.4, -0.2) is 59.9 Å². The van der Waals surface area contributed by atoms with E-state index >= 15 is 0 Å². The van der Waals surface area contributed by atoms with E-state index in [4.69, 9.17) is 0 Å². The zero-order valence-electron chi connectivity index (χ0n) is 14.6. The Labute approximate surface area is 148 Å². The van der Waals surface area contributed by atoms with Gasteiger partial charge in [-0.1, -0.05) is 6.07 Å². The smallest absolute Gasteiger partial charge is 0.208 e. The molecule has 0 spiro atoms. The van der Waals surface area contributed by atoms with Crippen LogP contribution >= 0.6 is 0 Å². The Balaban J connectivity index is 1.74. The van der Waals surface area contributed by atoms with E-state index in [1.165, 1.54) is 6.07 Å². The first-order valence-corrected chi connectivity index (χ1v) is 10.2. The number of piperidine rings is 1. The second-order valence-corrected chi connectivity index (χ2v) is 7.88. The van der Waals surface area contributed by atoms with Crippen molar-refractivity contribution >= 4 is 21.7 Å². The molecule has 9 heteroatoms. The predicted octanol–water partition coefficient (Wildman–Crippen LogP) is 0.509. The number of hydrogen-bond donors (Lipinski definition) is 3. The molecule has 25 heavy (non-hydrogen) atoms. The van der Waals surface area contributed by atoms with Crippen molar-refractivity contribution in [3.05, 3.63) is 30.1 Å². The van der Waals surface area contributed by atoms with Gasteiger partial charge in [0.05, 0.1) is 6.26 Å². The van der Waals surface area contributed by atoms with Gasteiger partial charge in [-0.3, -0.25) is 4.99 Å². The van der Waals surface area contributed by atoms with Crippen LogP contribution < -0.4 is 20.3 Å². The van der Waals surface area contributed by atoms with E-state index in [1.54, 1.807) is 19.2 Å². The normalized spacial score (nSPS) is 16.8. The number of hydrogen-bond acceptors (Lipinski definition) is 4. The molecule has 0 amide bonds. The third-order valence-electron chi connectivity index (χ3n) is 4.01. The van der Waals surface area contributed by atoms with Crippen LogP contribution in [-0.2, 0) is 10.0 Å². The van der Waals surface area contributed by atoms with E-state index in [0.29, 0.717) is 19.0 Å². The number of benzene rings is 1. The summed E-state index contributed by atoms with van der Waals surface area (Å²) in [6.07, 6.45) is 2.96. The van der Waals surface area contributed by atoms with Crippen molar-refractivity contribution < 1.29 is 12.8 Å². The molecule has 1 saturated heterocycles. The van der Waals surface area contributed by atoms with Gasteiger partial charge in [-0.2, -0.15) is 0 Å². The highest BCUT2D eigenvalue weighted by molar-refractivity contribution is 7.88. The lowest BCUT2D eigenvalue weighted by atomic mass is 10.0. The Morgan fingerprint density at radius 3 is 2.64 bits per heavy atom. The zero-order valence-corrected chi connectivity index (χ0v) is 15.4. The van der Waals surface area contributed by atoms with Crippen molar-refractivity contribution in [1.29, 1.82) is 0 Å². The van der Waals surface area contributed by atoms with Crippen molar-refractivity contribution in [2.75, 3.05) is 44.4 Å². The maximum atomic E-state index is 13.3. The van der Waals surface area contributed by atoms with Crippen LogP contribution in [0.5, 0.6) is 0 Å². The summed E-state index contributed by atoms with van der Waals surface area (Å²) in [6, 6.07) is 6.94. The minimum absolute atomic E-state index is 0.218. The monoisotopic (exact) mass is 371 g/mol. The molecule has 1 aromatic carbocycles. The Bertz CT molecular complexity index is 688. The number of anilines is 1. The summed E-state index contributed by atoms with van der Waals surface area (Å²) in [5, 5.41) is 6.44. The molecule has 0 radical (unpaired) electrons. The highest BCUT2D eigenvalue weighted by Crippen LogP contribution is 2.20. The molecule has 3 N–H and O–H groups in total. The molecule has 0 atom stereocenters. The molecular formula is C16H26FN5O2S. The fourth-order valence-corrected chi connectivity index (χ4v) is 3.23. The van der Waals surface area contributed by atoms with Crippen LogP contribution in [0.4, 0.5) is 10.1 Å². The van der Waals surface area contributed by atoms with Crippen molar-refractivity contribution in [3.8, 4) is 0 Å². The first kappa shape index (κ1) is 19.5. The standard InChI is InChI=1S/C16H26FN5O2S/c1-18-16(19-8-9-20-25(2,23)24)21-14-6-10-22(11-7-14)15-5-3-4-13(17)12-15/h3-5,12,14,20H,6-11H2,1-2H3,(H2,18,19,21). The first-order valence-electron chi connectivity index (χ1n) is 8.30. The molecule has 0 aromatic heterocycles. The number of halogens is 1. The number of rotatable bonds is 6. The summed E-state index contributed by atoms with van der Waals surface area (Å²) in [6.45, 7) is 2.44. The predicted molar refractivity (Wildman–Crippen MR) is 99.0 cm³/mol. The first-order chi connectivity index (χ1) is 11.9. The van der Waals surface area contributed by atoms with Crippen LogP contribution in [0.3, 0.4) is 0 Å². The van der Waals surface area contributed by atoms with Gasteiger partial charge in [0.15, 0.2) is 5.96 Å². The van der Waals surface area contributed by atoms with Crippen LogP contribution in [0.15, 0.2) is 29.3 Å². The van der Waals surface area contributed by atoms with Crippen LogP contribution in [0.1, 0.15) is 12.8 Å². The maximum Gasteiger partial charge on any atom is 0.208 e. The third kappa shape index (κ3) is 6.87. The fourth-order valence-electron chi connectivity index (χ4n) is 2.76. The molecule has 0 saturated carbocycles. The quantitative estimate of drug-likeness (QED) is 0.385. The highest BCUT2D eigenvalue weighted by Gasteiger charge is 2.20. The molecule has 0 aliphatic carbocycles. The molecule has 1 aromatic rings. The molecule has 0 bridgehead atoms. The summed E-state index contributed by atoms with van der Waals surface area (Å²) in [5.74, 6) is 0.435. The van der Waals surface area contributed by atoms with Gasteiger partial charge >= 0.3 is 0 Å². The Morgan fingerprint density at radius 2 is 2.04 bits per heavy atom. The van der Waals surface area contributed by atoms with E-state index in [0.717, 1.165) is 37.9 Å². The number of guanidine groups is 1. The number of aliphatic imine (C=N–C) groups is 1. The zero-order chi connectivity index (χ0) is 18.3. The SMILES string of the molecule is CN=C(NCCNS(C)(=O)=O)NC1CCN(c2cccc(F)c2)CC1. The lowest BCUT2D eigenvalue weighted by molar-refractivity contribution is 0.461. The topological polar surface area (TPSA) is 85.8 Å². The lowest BCUT2D eigenvalue weighted by Gasteiger charge is -2.34. The van der Waals surface area contributed by atoms with E-state index in [9.17, 15) is 12.8 Å². The molecule has 2 rings (SSSR count). The molecule has 1 heterocycles. The number of nitrogens with zero attached hydrogens (tertiary/aromatic N) is 2. The summed E-state index contributed by atoms with van der Waals surface area (Å²) in [7, 11) is -1.49. The number of sulfonamides is 1. The third-order valence-corrected chi connectivity index (χ3v) is 4.74. The van der Waals surface area contributed by atoms with Crippen LogP contribution in [0.2, 0.25) is 0 Å². The molecule has 0 unspecified atom stereocenters. The minimum Gasteiger partial charge on any atom is -0.371 e. The molecule has 1 aliphatic heterocycles. The van der Waals surface area contributed by atoms with Crippen molar-refractivity contribution in [2.24, 2.45) is 4.99 Å². The summed E-state index contributed by atoms with van der Waals surface area (Å²) in [4.78, 5) is 6.33. The van der Waals surface area contributed by atoms with E-state index in [-0.39, 0.29) is 11.9 Å². The average Bonchev–Trinajstić information content (AvgIpc) is 2.57. The van der Waals surface area contributed by atoms with E-state index < -0.39 is 10.0 Å². The fraction of sp³-hybridized carbons (Fsp3) is 0.562. The van der Waals surface area contributed by atoms with Gasteiger partial charge in [-0.05, 0) is 31.0 Å². The second kappa shape index (κ2) is 9.00. The van der Waals surface area contributed by atoms with Gasteiger partial charge in [-0.25, -0.2) is 17.5 Å². The Kier molecular flexibility index (Phi) is 7.01. The van der Waals surface area contributed by atoms with Crippen molar-refractivity contribution in [2.45, 2.75) is 18.9 Å². The van der Waals surface area contributed by atoms with Gasteiger partial charge < -0.3 is 15.5 Å². The lowest BCUT2D eigenvalue weighted by Crippen LogP contribution is -2.49. The summed E-state index contributed by atoms with van der Waals surface area (Å²) < 4.78 is 37.8. The van der Waals surface area contributed by atoms with Gasteiger partial charge in [0.2, 0.25) is 10.0 Å². The summed E-state index contributed by atoms with van der Waals surface area (Å²) in [5.41, 5.74) is 0.910. The average molecular weight is 371 g/mol.